The maximum absolute atomic E-state index is 10.0. The third-order valence-electron chi connectivity index (χ3n) is 1.26. The predicted octanol–water partition coefficient (Wildman–Crippen LogP) is -0.431. The lowest BCUT2D eigenvalue weighted by Crippen LogP contribution is -2.28. The van der Waals surface area contributed by atoms with Gasteiger partial charge in [0.05, 0.1) is 13.1 Å². The van der Waals surface area contributed by atoms with E-state index in [1.807, 2.05) is 0 Å². The molecule has 0 aromatic rings. The summed E-state index contributed by atoms with van der Waals surface area (Å²) in [6.45, 7) is 1.02. The Morgan fingerprint density at radius 1 is 0.867 bits per heavy atom. The minimum atomic E-state index is -0.890. The van der Waals surface area contributed by atoms with Gasteiger partial charge in [-0.2, -0.15) is 0 Å². The summed E-state index contributed by atoms with van der Waals surface area (Å²) in [5, 5.41) is 21.8. The van der Waals surface area contributed by atoms with Crippen LogP contribution in [0, 0.1) is 0 Å². The number of rotatable bonds is 8. The molecule has 0 saturated carbocycles. The minimum absolute atomic E-state index is 0. The number of aliphatic carboxylic acids is 2. The molecule has 92 valence electrons. The standard InChI is InChI=1S/C7H14N2O4.2ClH/c10-6(11)4-8-2-1-3-9-5-7(12)13;;/h8-9H,1-5H2,(H,10,11)(H,12,13);2*1H. The van der Waals surface area contributed by atoms with Crippen LogP contribution in [0.1, 0.15) is 6.42 Å². The average Bonchev–Trinajstić information content (AvgIpc) is 2.01. The molecule has 0 aliphatic rings. The summed E-state index contributed by atoms with van der Waals surface area (Å²) in [4.78, 5) is 20.0. The van der Waals surface area contributed by atoms with E-state index in [-0.39, 0.29) is 37.9 Å². The summed E-state index contributed by atoms with van der Waals surface area (Å²) in [5.41, 5.74) is 0. The van der Waals surface area contributed by atoms with Crippen LogP contribution in [0.4, 0.5) is 0 Å². The van der Waals surface area contributed by atoms with Crippen LogP contribution in [0.15, 0.2) is 0 Å². The molecule has 0 fully saturated rings. The van der Waals surface area contributed by atoms with Crippen molar-refractivity contribution in [3.8, 4) is 0 Å². The fraction of sp³-hybridized carbons (Fsp3) is 0.714. The smallest absolute Gasteiger partial charge is 0.317 e. The maximum atomic E-state index is 10.0. The van der Waals surface area contributed by atoms with E-state index in [1.165, 1.54) is 0 Å². The van der Waals surface area contributed by atoms with Crippen molar-refractivity contribution >= 4 is 36.8 Å². The lowest BCUT2D eigenvalue weighted by Gasteiger charge is -2.02. The van der Waals surface area contributed by atoms with Crippen molar-refractivity contribution in [3.05, 3.63) is 0 Å². The van der Waals surface area contributed by atoms with Gasteiger partial charge in [0, 0.05) is 0 Å². The molecule has 0 spiro atoms. The Hall–Kier alpha value is -0.560. The molecule has 0 unspecified atom stereocenters. The van der Waals surface area contributed by atoms with Gasteiger partial charge in [0.1, 0.15) is 0 Å². The normalized spacial score (nSPS) is 8.53. The van der Waals surface area contributed by atoms with E-state index in [1.54, 1.807) is 0 Å². The molecule has 0 radical (unpaired) electrons. The van der Waals surface area contributed by atoms with Gasteiger partial charge < -0.3 is 20.8 Å². The number of hydrogen-bond donors (Lipinski definition) is 4. The molecule has 15 heavy (non-hydrogen) atoms. The number of halogens is 2. The number of hydrogen-bond acceptors (Lipinski definition) is 4. The van der Waals surface area contributed by atoms with E-state index in [0.717, 1.165) is 0 Å². The van der Waals surface area contributed by atoms with Crippen LogP contribution < -0.4 is 10.6 Å². The lowest BCUT2D eigenvalue weighted by molar-refractivity contribution is -0.136. The van der Waals surface area contributed by atoms with Crippen molar-refractivity contribution in [2.45, 2.75) is 6.42 Å². The van der Waals surface area contributed by atoms with E-state index in [4.69, 9.17) is 10.2 Å². The molecule has 0 aliphatic heterocycles. The first-order chi connectivity index (χ1) is 6.13. The van der Waals surface area contributed by atoms with Gasteiger partial charge in [-0.3, -0.25) is 9.59 Å². The van der Waals surface area contributed by atoms with Crippen LogP contribution in [0.25, 0.3) is 0 Å². The van der Waals surface area contributed by atoms with Crippen LogP contribution in [0.3, 0.4) is 0 Å². The van der Waals surface area contributed by atoms with Crippen LogP contribution in [0.5, 0.6) is 0 Å². The second-order valence-electron chi connectivity index (χ2n) is 2.49. The zero-order chi connectivity index (χ0) is 10.1. The summed E-state index contributed by atoms with van der Waals surface area (Å²) in [6, 6.07) is 0. The molecule has 4 N–H and O–H groups in total. The molecular formula is C7H16Cl2N2O4. The van der Waals surface area contributed by atoms with E-state index in [0.29, 0.717) is 19.5 Å². The quantitative estimate of drug-likeness (QED) is 0.443. The molecule has 0 aliphatic carbocycles. The number of carboxylic acids is 2. The summed E-state index contributed by atoms with van der Waals surface area (Å²) < 4.78 is 0. The fourth-order valence-electron chi connectivity index (χ4n) is 0.729. The van der Waals surface area contributed by atoms with Gasteiger partial charge in [-0.1, -0.05) is 0 Å². The molecule has 0 saturated heterocycles. The molecule has 0 amide bonds. The summed E-state index contributed by atoms with van der Waals surface area (Å²) in [5.74, 6) is -1.78. The summed E-state index contributed by atoms with van der Waals surface area (Å²) >= 11 is 0. The zero-order valence-corrected chi connectivity index (χ0v) is 9.70. The highest BCUT2D eigenvalue weighted by molar-refractivity contribution is 5.85. The average molecular weight is 263 g/mol. The molecule has 0 aromatic carbocycles. The Labute approximate surface area is 100 Å². The Kier molecular flexibility index (Phi) is 17.9. The van der Waals surface area contributed by atoms with Gasteiger partial charge in [0.2, 0.25) is 0 Å². The summed E-state index contributed by atoms with van der Waals surface area (Å²) in [6.07, 6.45) is 0.709. The van der Waals surface area contributed by atoms with Gasteiger partial charge in [0.25, 0.3) is 0 Å². The second-order valence-corrected chi connectivity index (χ2v) is 2.49. The predicted molar refractivity (Wildman–Crippen MR) is 60.1 cm³/mol. The molecule has 0 rings (SSSR count). The first-order valence-corrected chi connectivity index (χ1v) is 3.98. The van der Waals surface area contributed by atoms with Crippen molar-refractivity contribution < 1.29 is 19.8 Å². The molecular weight excluding hydrogens is 247 g/mol. The van der Waals surface area contributed by atoms with Gasteiger partial charge in [-0.15, -0.1) is 24.8 Å². The van der Waals surface area contributed by atoms with Gasteiger partial charge in [-0.05, 0) is 19.5 Å². The first-order valence-electron chi connectivity index (χ1n) is 3.98. The van der Waals surface area contributed by atoms with E-state index < -0.39 is 11.9 Å². The van der Waals surface area contributed by atoms with Crippen molar-refractivity contribution in [2.24, 2.45) is 0 Å². The molecule has 0 aromatic heterocycles. The van der Waals surface area contributed by atoms with Gasteiger partial charge in [-0.25, -0.2) is 0 Å². The van der Waals surface area contributed by atoms with E-state index in [9.17, 15) is 9.59 Å². The highest BCUT2D eigenvalue weighted by Crippen LogP contribution is 1.73. The molecule has 8 heteroatoms. The SMILES string of the molecule is Cl.Cl.O=C(O)CNCCCNCC(=O)O. The van der Waals surface area contributed by atoms with Gasteiger partial charge in [0.15, 0.2) is 0 Å². The van der Waals surface area contributed by atoms with Crippen LogP contribution in [-0.4, -0.2) is 48.3 Å². The van der Waals surface area contributed by atoms with E-state index in [2.05, 4.69) is 10.6 Å². The summed E-state index contributed by atoms with van der Waals surface area (Å²) in [7, 11) is 0. The van der Waals surface area contributed by atoms with Gasteiger partial charge >= 0.3 is 11.9 Å². The van der Waals surface area contributed by atoms with Crippen LogP contribution in [-0.2, 0) is 9.59 Å². The Morgan fingerprint density at radius 3 is 1.47 bits per heavy atom. The topological polar surface area (TPSA) is 98.7 Å². The van der Waals surface area contributed by atoms with Crippen LogP contribution >= 0.6 is 24.8 Å². The van der Waals surface area contributed by atoms with Crippen molar-refractivity contribution in [1.29, 1.82) is 0 Å². The number of nitrogens with one attached hydrogen (secondary N) is 2. The molecule has 0 heterocycles. The fourth-order valence-corrected chi connectivity index (χ4v) is 0.729. The highest BCUT2D eigenvalue weighted by atomic mass is 35.5. The van der Waals surface area contributed by atoms with Crippen molar-refractivity contribution in [2.75, 3.05) is 26.2 Å². The zero-order valence-electron chi connectivity index (χ0n) is 8.06. The first kappa shape index (κ1) is 19.9. The monoisotopic (exact) mass is 262 g/mol. The third kappa shape index (κ3) is 19.7. The van der Waals surface area contributed by atoms with E-state index >= 15 is 0 Å². The van der Waals surface area contributed by atoms with Crippen LogP contribution in [0.2, 0.25) is 0 Å². The molecule has 0 bridgehead atoms. The lowest BCUT2D eigenvalue weighted by atomic mass is 10.4. The maximum Gasteiger partial charge on any atom is 0.317 e. The number of carbonyl (C=O) groups is 2. The Balaban J connectivity index is -0.000000720. The molecule has 0 atom stereocenters. The Morgan fingerprint density at radius 2 is 1.20 bits per heavy atom. The van der Waals surface area contributed by atoms with Crippen molar-refractivity contribution in [3.63, 3.8) is 0 Å². The minimum Gasteiger partial charge on any atom is -0.480 e. The third-order valence-corrected chi connectivity index (χ3v) is 1.26. The van der Waals surface area contributed by atoms with Crippen molar-refractivity contribution in [1.82, 2.24) is 10.6 Å². The number of carboxylic acid groups (broad SMARTS) is 2. The highest BCUT2D eigenvalue weighted by Gasteiger charge is 1.96. The molecule has 6 nitrogen and oxygen atoms in total. The second kappa shape index (κ2) is 13.4. The Bertz CT molecular complexity index is 162. The largest absolute Gasteiger partial charge is 0.480 e.